The van der Waals surface area contributed by atoms with Gasteiger partial charge in [-0.1, -0.05) is 39.3 Å². The SMILES string of the molecule is CC1CCC(C(C)C)C(OC2CC3C=CC2O3)C1. The van der Waals surface area contributed by atoms with Gasteiger partial charge in [0.05, 0.1) is 18.3 Å². The molecule has 0 radical (unpaired) electrons. The van der Waals surface area contributed by atoms with Crippen molar-refractivity contribution in [3.05, 3.63) is 12.2 Å². The Morgan fingerprint density at radius 1 is 1.11 bits per heavy atom. The predicted octanol–water partition coefficient (Wildman–Crippen LogP) is 3.56. The lowest BCUT2D eigenvalue weighted by Crippen LogP contribution is -2.39. The highest BCUT2D eigenvalue weighted by Crippen LogP contribution is 2.39. The molecule has 6 unspecified atom stereocenters. The minimum absolute atomic E-state index is 0.236. The molecule has 1 saturated carbocycles. The molecule has 2 heteroatoms. The molecule has 3 rings (SSSR count). The maximum Gasteiger partial charge on any atom is 0.103 e. The van der Waals surface area contributed by atoms with Crippen LogP contribution >= 0.6 is 0 Å². The number of ether oxygens (including phenoxy) is 2. The van der Waals surface area contributed by atoms with E-state index < -0.39 is 0 Å². The van der Waals surface area contributed by atoms with Gasteiger partial charge in [-0.25, -0.2) is 0 Å². The van der Waals surface area contributed by atoms with E-state index >= 15 is 0 Å². The van der Waals surface area contributed by atoms with Gasteiger partial charge >= 0.3 is 0 Å². The van der Waals surface area contributed by atoms with Crippen LogP contribution in [0.4, 0.5) is 0 Å². The second-order valence-corrected chi connectivity index (χ2v) is 6.80. The topological polar surface area (TPSA) is 18.5 Å². The van der Waals surface area contributed by atoms with Gasteiger partial charge in [-0.2, -0.15) is 0 Å². The Bertz CT molecular complexity index is 323. The zero-order chi connectivity index (χ0) is 12.7. The Kier molecular flexibility index (Phi) is 3.50. The fraction of sp³-hybridized carbons (Fsp3) is 0.875. The van der Waals surface area contributed by atoms with Gasteiger partial charge in [-0.05, 0) is 30.6 Å². The van der Waals surface area contributed by atoms with Crippen LogP contribution in [0.25, 0.3) is 0 Å². The second kappa shape index (κ2) is 4.97. The van der Waals surface area contributed by atoms with Gasteiger partial charge in [0, 0.05) is 6.42 Å². The summed E-state index contributed by atoms with van der Waals surface area (Å²) in [7, 11) is 0. The quantitative estimate of drug-likeness (QED) is 0.713. The number of hydrogen-bond acceptors (Lipinski definition) is 2. The molecule has 3 aliphatic rings. The Labute approximate surface area is 111 Å². The largest absolute Gasteiger partial charge is 0.372 e. The van der Waals surface area contributed by atoms with Crippen LogP contribution in [0.15, 0.2) is 12.2 Å². The molecular formula is C16H26O2. The Morgan fingerprint density at radius 2 is 1.94 bits per heavy atom. The van der Waals surface area contributed by atoms with Gasteiger partial charge in [-0.3, -0.25) is 0 Å². The summed E-state index contributed by atoms with van der Waals surface area (Å²) >= 11 is 0. The molecule has 0 N–H and O–H groups in total. The van der Waals surface area contributed by atoms with Crippen molar-refractivity contribution in [3.63, 3.8) is 0 Å². The minimum atomic E-state index is 0.236. The first-order chi connectivity index (χ1) is 8.63. The van der Waals surface area contributed by atoms with E-state index in [-0.39, 0.29) is 6.10 Å². The molecule has 0 aromatic heterocycles. The lowest BCUT2D eigenvalue weighted by molar-refractivity contribution is -0.0917. The van der Waals surface area contributed by atoms with Crippen molar-refractivity contribution < 1.29 is 9.47 Å². The zero-order valence-corrected chi connectivity index (χ0v) is 11.8. The van der Waals surface area contributed by atoms with Crippen molar-refractivity contribution in [1.29, 1.82) is 0 Å². The highest BCUT2D eigenvalue weighted by Gasteiger charge is 2.41. The fourth-order valence-corrected chi connectivity index (χ4v) is 3.86. The average molecular weight is 250 g/mol. The van der Waals surface area contributed by atoms with Crippen molar-refractivity contribution in [2.45, 2.75) is 70.9 Å². The first kappa shape index (κ1) is 12.7. The number of fused-ring (bicyclic) bond motifs is 2. The lowest BCUT2D eigenvalue weighted by Gasteiger charge is -2.39. The normalized spacial score (nSPS) is 47.1. The maximum absolute atomic E-state index is 6.45. The summed E-state index contributed by atoms with van der Waals surface area (Å²) in [6, 6.07) is 0. The van der Waals surface area contributed by atoms with Gasteiger partial charge < -0.3 is 9.47 Å². The molecule has 2 aliphatic heterocycles. The summed E-state index contributed by atoms with van der Waals surface area (Å²) in [6.07, 6.45) is 10.7. The summed E-state index contributed by atoms with van der Waals surface area (Å²) in [4.78, 5) is 0. The van der Waals surface area contributed by atoms with E-state index in [1.54, 1.807) is 0 Å². The molecule has 2 nitrogen and oxygen atoms in total. The molecule has 102 valence electrons. The van der Waals surface area contributed by atoms with Gasteiger partial charge in [0.25, 0.3) is 0 Å². The molecule has 0 spiro atoms. The smallest absolute Gasteiger partial charge is 0.103 e. The molecular weight excluding hydrogens is 224 g/mol. The minimum Gasteiger partial charge on any atom is -0.372 e. The lowest BCUT2D eigenvalue weighted by atomic mass is 9.75. The average Bonchev–Trinajstić information content (AvgIpc) is 2.90. The molecule has 2 bridgehead atoms. The molecule has 1 saturated heterocycles. The molecule has 2 heterocycles. The van der Waals surface area contributed by atoms with Crippen molar-refractivity contribution in [3.8, 4) is 0 Å². The Balaban J connectivity index is 1.63. The summed E-state index contributed by atoms with van der Waals surface area (Å²) in [5, 5.41) is 0. The highest BCUT2D eigenvalue weighted by atomic mass is 16.6. The summed E-state index contributed by atoms with van der Waals surface area (Å²) in [5.74, 6) is 2.29. The van der Waals surface area contributed by atoms with Gasteiger partial charge in [0.2, 0.25) is 0 Å². The van der Waals surface area contributed by atoms with Crippen LogP contribution in [-0.4, -0.2) is 24.4 Å². The predicted molar refractivity (Wildman–Crippen MR) is 72.4 cm³/mol. The molecule has 0 aromatic carbocycles. The van der Waals surface area contributed by atoms with Gasteiger partial charge in [0.1, 0.15) is 6.10 Å². The Morgan fingerprint density at radius 3 is 2.56 bits per heavy atom. The van der Waals surface area contributed by atoms with Crippen LogP contribution in [0.1, 0.15) is 46.5 Å². The third-order valence-electron chi connectivity index (χ3n) is 4.99. The van der Waals surface area contributed by atoms with Crippen LogP contribution < -0.4 is 0 Å². The van der Waals surface area contributed by atoms with Crippen LogP contribution in [0, 0.1) is 17.8 Å². The van der Waals surface area contributed by atoms with Crippen molar-refractivity contribution >= 4 is 0 Å². The first-order valence-electron chi connectivity index (χ1n) is 7.62. The van der Waals surface area contributed by atoms with Crippen molar-refractivity contribution in [2.75, 3.05) is 0 Å². The third-order valence-corrected chi connectivity index (χ3v) is 4.99. The first-order valence-corrected chi connectivity index (χ1v) is 7.62. The summed E-state index contributed by atoms with van der Waals surface area (Å²) in [5.41, 5.74) is 0. The van der Waals surface area contributed by atoms with Crippen LogP contribution in [0.5, 0.6) is 0 Å². The van der Waals surface area contributed by atoms with Crippen LogP contribution in [0.2, 0.25) is 0 Å². The second-order valence-electron chi connectivity index (χ2n) is 6.80. The Hall–Kier alpha value is -0.340. The van der Waals surface area contributed by atoms with E-state index in [9.17, 15) is 0 Å². The monoisotopic (exact) mass is 250 g/mol. The molecule has 1 aliphatic carbocycles. The van der Waals surface area contributed by atoms with E-state index in [4.69, 9.17) is 9.47 Å². The van der Waals surface area contributed by atoms with Gasteiger partial charge in [0.15, 0.2) is 0 Å². The van der Waals surface area contributed by atoms with E-state index in [0.717, 1.165) is 24.2 Å². The molecule has 18 heavy (non-hydrogen) atoms. The number of rotatable bonds is 3. The summed E-state index contributed by atoms with van der Waals surface area (Å²) in [6.45, 7) is 7.05. The van der Waals surface area contributed by atoms with Crippen molar-refractivity contribution in [1.82, 2.24) is 0 Å². The van der Waals surface area contributed by atoms with Crippen molar-refractivity contribution in [2.24, 2.45) is 17.8 Å². The van der Waals surface area contributed by atoms with E-state index in [0.29, 0.717) is 18.3 Å². The van der Waals surface area contributed by atoms with Gasteiger partial charge in [-0.15, -0.1) is 0 Å². The fourth-order valence-electron chi connectivity index (χ4n) is 3.86. The third kappa shape index (κ3) is 2.37. The molecule has 0 amide bonds. The van der Waals surface area contributed by atoms with E-state index in [2.05, 4.69) is 32.9 Å². The van der Waals surface area contributed by atoms with E-state index in [1.807, 2.05) is 0 Å². The van der Waals surface area contributed by atoms with Crippen LogP contribution in [-0.2, 0) is 9.47 Å². The van der Waals surface area contributed by atoms with Crippen LogP contribution in [0.3, 0.4) is 0 Å². The summed E-state index contributed by atoms with van der Waals surface area (Å²) < 4.78 is 12.3. The zero-order valence-electron chi connectivity index (χ0n) is 11.8. The molecule has 2 fully saturated rings. The molecule has 0 aromatic rings. The molecule has 6 atom stereocenters. The number of hydrogen-bond donors (Lipinski definition) is 0. The van der Waals surface area contributed by atoms with E-state index in [1.165, 1.54) is 19.3 Å². The highest BCUT2D eigenvalue weighted by molar-refractivity contribution is 5.12. The standard InChI is InChI=1S/C16H26O2/c1-10(2)13-6-4-11(3)8-15(13)18-16-9-12-5-7-14(16)17-12/h5,7,10-16H,4,6,8-9H2,1-3H3. The maximum atomic E-state index is 6.45.